The number of hydrogen-bond donors (Lipinski definition) is 2. The quantitative estimate of drug-likeness (QED) is 0.448. The van der Waals surface area contributed by atoms with E-state index in [4.69, 9.17) is 9.47 Å². The van der Waals surface area contributed by atoms with E-state index in [-0.39, 0.29) is 36.0 Å². The van der Waals surface area contributed by atoms with Crippen molar-refractivity contribution >= 4 is 5.91 Å². The van der Waals surface area contributed by atoms with Gasteiger partial charge in [-0.25, -0.2) is 0 Å². The van der Waals surface area contributed by atoms with E-state index in [1.54, 1.807) is 24.3 Å². The van der Waals surface area contributed by atoms with Crippen molar-refractivity contribution < 1.29 is 14.3 Å². The Morgan fingerprint density at radius 1 is 1.06 bits per heavy atom. The molecule has 3 aromatic rings. The van der Waals surface area contributed by atoms with Crippen LogP contribution in [-0.4, -0.2) is 40.9 Å². The molecule has 8 nitrogen and oxygen atoms in total. The van der Waals surface area contributed by atoms with Crippen molar-refractivity contribution in [3.05, 3.63) is 76.2 Å². The summed E-state index contributed by atoms with van der Waals surface area (Å²) < 4.78 is 10.8. The first kappa shape index (κ1) is 23.1. The number of amides is 1. The minimum Gasteiger partial charge on any atom is -0.491 e. The summed E-state index contributed by atoms with van der Waals surface area (Å²) >= 11 is 0. The normalized spacial score (nSPS) is 11.7. The van der Waals surface area contributed by atoms with Gasteiger partial charge in [0.15, 0.2) is 5.82 Å². The van der Waals surface area contributed by atoms with Crippen LogP contribution in [0.25, 0.3) is 11.4 Å². The van der Waals surface area contributed by atoms with Crippen LogP contribution in [-0.2, 0) is 16.0 Å². The van der Waals surface area contributed by atoms with E-state index in [1.807, 2.05) is 44.2 Å². The molecule has 0 unspecified atom stereocenters. The van der Waals surface area contributed by atoms with Crippen molar-refractivity contribution in [3.63, 3.8) is 0 Å². The fourth-order valence-corrected chi connectivity index (χ4v) is 3.10. The molecule has 0 aliphatic carbocycles. The predicted octanol–water partition coefficient (Wildman–Crippen LogP) is 3.06. The number of carbonyl (C=O) groups excluding carboxylic acids is 1. The smallest absolute Gasteiger partial charge is 0.273 e. The summed E-state index contributed by atoms with van der Waals surface area (Å²) in [6.07, 6.45) is 0.366. The van der Waals surface area contributed by atoms with Crippen molar-refractivity contribution in [1.29, 1.82) is 0 Å². The third-order valence-electron chi connectivity index (χ3n) is 4.86. The third kappa shape index (κ3) is 6.75. The lowest BCUT2D eigenvalue weighted by molar-refractivity contribution is -0.121. The van der Waals surface area contributed by atoms with Crippen molar-refractivity contribution in [2.24, 2.45) is 0 Å². The number of ether oxygens (including phenoxy) is 2. The van der Waals surface area contributed by atoms with Gasteiger partial charge in [-0.2, -0.15) is 0 Å². The summed E-state index contributed by atoms with van der Waals surface area (Å²) in [4.78, 5) is 27.4. The molecular formula is C24H28N4O4. The molecule has 8 heteroatoms. The SMILES string of the molecule is CCOCCOc1ccc(-c2nnc(CCC(=O)N[C@@H](C)c3ccccc3)c(=O)[nH]2)cc1. The van der Waals surface area contributed by atoms with Gasteiger partial charge in [-0.15, -0.1) is 10.2 Å². The van der Waals surface area contributed by atoms with Crippen LogP contribution in [0.1, 0.15) is 37.6 Å². The number of hydrogen-bond acceptors (Lipinski definition) is 6. The van der Waals surface area contributed by atoms with Gasteiger partial charge in [0.2, 0.25) is 5.91 Å². The highest BCUT2D eigenvalue weighted by atomic mass is 16.5. The van der Waals surface area contributed by atoms with Gasteiger partial charge in [0, 0.05) is 25.0 Å². The van der Waals surface area contributed by atoms with Gasteiger partial charge in [-0.05, 0) is 43.7 Å². The van der Waals surface area contributed by atoms with Gasteiger partial charge in [-0.3, -0.25) is 9.59 Å². The van der Waals surface area contributed by atoms with E-state index < -0.39 is 0 Å². The molecule has 3 rings (SSSR count). The van der Waals surface area contributed by atoms with Crippen LogP contribution in [0.5, 0.6) is 5.75 Å². The molecule has 1 amide bonds. The lowest BCUT2D eigenvalue weighted by Gasteiger charge is -2.14. The van der Waals surface area contributed by atoms with E-state index in [0.717, 1.165) is 5.56 Å². The topological polar surface area (TPSA) is 106 Å². The summed E-state index contributed by atoms with van der Waals surface area (Å²) in [5.41, 5.74) is 1.62. The molecule has 0 aliphatic heterocycles. The van der Waals surface area contributed by atoms with E-state index in [1.165, 1.54) is 0 Å². The number of nitrogens with zero attached hydrogens (tertiary/aromatic N) is 2. The molecule has 0 bridgehead atoms. The molecule has 0 spiro atoms. The monoisotopic (exact) mass is 436 g/mol. The van der Waals surface area contributed by atoms with Crippen LogP contribution in [0, 0.1) is 0 Å². The molecule has 0 saturated heterocycles. The maximum Gasteiger partial charge on any atom is 0.273 e. The number of aromatic amines is 1. The molecule has 168 valence electrons. The molecule has 1 heterocycles. The number of benzene rings is 2. The van der Waals surface area contributed by atoms with Crippen LogP contribution in [0.3, 0.4) is 0 Å². The number of aryl methyl sites for hydroxylation is 1. The zero-order valence-corrected chi connectivity index (χ0v) is 18.3. The van der Waals surface area contributed by atoms with E-state index >= 15 is 0 Å². The zero-order chi connectivity index (χ0) is 22.8. The molecule has 0 aliphatic rings. The lowest BCUT2D eigenvalue weighted by Crippen LogP contribution is -2.28. The molecule has 0 saturated carbocycles. The van der Waals surface area contributed by atoms with Crippen molar-refractivity contribution in [1.82, 2.24) is 20.5 Å². The molecular weight excluding hydrogens is 408 g/mol. The minimum absolute atomic E-state index is 0.110. The zero-order valence-electron chi connectivity index (χ0n) is 18.3. The maximum absolute atomic E-state index is 12.4. The fourth-order valence-electron chi connectivity index (χ4n) is 3.10. The number of aromatic nitrogens is 3. The first-order chi connectivity index (χ1) is 15.6. The summed E-state index contributed by atoms with van der Waals surface area (Å²) in [7, 11) is 0. The molecule has 1 aromatic heterocycles. The average molecular weight is 437 g/mol. The van der Waals surface area contributed by atoms with Crippen LogP contribution < -0.4 is 15.6 Å². The average Bonchev–Trinajstić information content (AvgIpc) is 2.82. The largest absolute Gasteiger partial charge is 0.491 e. The van der Waals surface area contributed by atoms with Crippen LogP contribution >= 0.6 is 0 Å². The highest BCUT2D eigenvalue weighted by molar-refractivity contribution is 5.76. The van der Waals surface area contributed by atoms with E-state index in [0.29, 0.717) is 37.0 Å². The lowest BCUT2D eigenvalue weighted by atomic mass is 10.1. The molecule has 32 heavy (non-hydrogen) atoms. The maximum atomic E-state index is 12.4. The number of nitrogens with one attached hydrogen (secondary N) is 2. The van der Waals surface area contributed by atoms with Gasteiger partial charge in [0.1, 0.15) is 18.1 Å². The molecule has 0 fully saturated rings. The standard InChI is InChI=1S/C24H28N4O4/c1-3-31-15-16-32-20-11-9-19(10-12-20)23-26-24(30)21(27-28-23)13-14-22(29)25-17(2)18-7-5-4-6-8-18/h4-12,17H,3,13-16H2,1-2H3,(H,25,29)(H,26,28,30)/t17-/m0/s1. The fraction of sp³-hybridized carbons (Fsp3) is 0.333. The molecule has 1 atom stereocenters. The Labute approximate surface area is 187 Å². The Hall–Kier alpha value is -3.52. The van der Waals surface area contributed by atoms with E-state index in [2.05, 4.69) is 20.5 Å². The van der Waals surface area contributed by atoms with Gasteiger partial charge in [0.05, 0.1) is 12.6 Å². The summed E-state index contributed by atoms with van der Waals surface area (Å²) in [5.74, 6) is 0.921. The second-order valence-corrected chi connectivity index (χ2v) is 7.22. The third-order valence-corrected chi connectivity index (χ3v) is 4.86. The molecule has 2 N–H and O–H groups in total. The predicted molar refractivity (Wildman–Crippen MR) is 121 cm³/mol. The Balaban J connectivity index is 1.53. The molecule has 0 radical (unpaired) electrons. The van der Waals surface area contributed by atoms with Gasteiger partial charge in [0.25, 0.3) is 5.56 Å². The Kier molecular flexibility index (Phi) is 8.51. The van der Waals surface area contributed by atoms with Crippen LogP contribution in [0.2, 0.25) is 0 Å². The van der Waals surface area contributed by atoms with Crippen molar-refractivity contribution in [3.8, 4) is 17.1 Å². The Morgan fingerprint density at radius 2 is 1.81 bits per heavy atom. The van der Waals surface area contributed by atoms with Crippen molar-refractivity contribution in [2.75, 3.05) is 19.8 Å². The Morgan fingerprint density at radius 3 is 2.50 bits per heavy atom. The highest BCUT2D eigenvalue weighted by Gasteiger charge is 2.12. The molecule has 2 aromatic carbocycles. The first-order valence-corrected chi connectivity index (χ1v) is 10.7. The number of carbonyl (C=O) groups is 1. The van der Waals surface area contributed by atoms with Gasteiger partial charge < -0.3 is 19.8 Å². The van der Waals surface area contributed by atoms with Crippen LogP contribution in [0.15, 0.2) is 59.4 Å². The summed E-state index contributed by atoms with van der Waals surface area (Å²) in [6, 6.07) is 16.8. The second kappa shape index (κ2) is 11.8. The summed E-state index contributed by atoms with van der Waals surface area (Å²) in [6.45, 7) is 5.51. The first-order valence-electron chi connectivity index (χ1n) is 10.7. The minimum atomic E-state index is -0.351. The second-order valence-electron chi connectivity index (χ2n) is 7.22. The van der Waals surface area contributed by atoms with Crippen molar-refractivity contribution in [2.45, 2.75) is 32.7 Å². The van der Waals surface area contributed by atoms with Gasteiger partial charge in [-0.1, -0.05) is 30.3 Å². The number of H-pyrrole nitrogens is 1. The highest BCUT2D eigenvalue weighted by Crippen LogP contribution is 2.18. The Bertz CT molecular complexity index is 1050. The number of rotatable bonds is 11. The summed E-state index contributed by atoms with van der Waals surface area (Å²) in [5, 5.41) is 11.1. The van der Waals surface area contributed by atoms with Crippen LogP contribution in [0.4, 0.5) is 0 Å². The van der Waals surface area contributed by atoms with Gasteiger partial charge >= 0.3 is 0 Å². The van der Waals surface area contributed by atoms with E-state index in [9.17, 15) is 9.59 Å².